The average molecular weight is 423 g/mol. The van der Waals surface area contributed by atoms with Gasteiger partial charge in [0.2, 0.25) is 5.91 Å². The van der Waals surface area contributed by atoms with Crippen LogP contribution in [0.4, 0.5) is 11.4 Å². The largest absolute Gasteiger partial charge is 0.454 e. The molecule has 0 radical (unpaired) electrons. The van der Waals surface area contributed by atoms with E-state index < -0.39 is 5.97 Å². The number of amides is 1. The zero-order valence-electron chi connectivity index (χ0n) is 17.0. The number of esters is 1. The Morgan fingerprint density at radius 2 is 2.00 bits per heavy atom. The highest BCUT2D eigenvalue weighted by atomic mass is 32.2. The molecule has 0 unspecified atom stereocenters. The lowest BCUT2D eigenvalue weighted by Crippen LogP contribution is -2.25. The highest BCUT2D eigenvalue weighted by Crippen LogP contribution is 2.46. The summed E-state index contributed by atoms with van der Waals surface area (Å²) in [5.41, 5.74) is 3.64. The molecule has 154 valence electrons. The van der Waals surface area contributed by atoms with Crippen LogP contribution in [0.1, 0.15) is 29.8 Å². The normalized spacial score (nSPS) is 17.9. The Kier molecular flexibility index (Phi) is 5.15. The first kappa shape index (κ1) is 20.2. The summed E-state index contributed by atoms with van der Waals surface area (Å²) in [7, 11) is 1.93. The monoisotopic (exact) mass is 422 g/mol. The molecule has 0 aliphatic carbocycles. The lowest BCUT2D eigenvalue weighted by molar-refractivity contribution is -0.117. The van der Waals surface area contributed by atoms with Crippen molar-refractivity contribution < 1.29 is 19.1 Å². The zero-order chi connectivity index (χ0) is 21.5. The summed E-state index contributed by atoms with van der Waals surface area (Å²) in [5, 5.41) is 2.74. The van der Waals surface area contributed by atoms with E-state index in [0.717, 1.165) is 21.8 Å². The second-order valence-corrected chi connectivity index (χ2v) is 8.84. The maximum absolute atomic E-state index is 12.6. The van der Waals surface area contributed by atoms with Gasteiger partial charge in [0.25, 0.3) is 0 Å². The third-order valence-corrected chi connectivity index (χ3v) is 6.51. The van der Waals surface area contributed by atoms with Crippen molar-refractivity contribution in [1.29, 1.82) is 0 Å². The maximum atomic E-state index is 12.6. The molecule has 1 N–H and O–H groups in total. The molecule has 0 atom stereocenters. The number of ketones is 1. The zero-order valence-corrected chi connectivity index (χ0v) is 17.8. The van der Waals surface area contributed by atoms with Gasteiger partial charge in [-0.2, -0.15) is 0 Å². The van der Waals surface area contributed by atoms with E-state index in [2.05, 4.69) is 25.2 Å². The van der Waals surface area contributed by atoms with Crippen LogP contribution in [0.2, 0.25) is 0 Å². The summed E-state index contributed by atoms with van der Waals surface area (Å²) >= 11 is 1.42. The van der Waals surface area contributed by atoms with Gasteiger partial charge >= 0.3 is 5.97 Å². The van der Waals surface area contributed by atoms with E-state index in [1.54, 1.807) is 24.3 Å². The number of para-hydroxylation sites is 1. The molecule has 30 heavy (non-hydrogen) atoms. The van der Waals surface area contributed by atoms with Gasteiger partial charge in [0.05, 0.1) is 17.0 Å². The molecule has 2 aromatic carbocycles. The number of anilines is 2. The predicted octanol–water partition coefficient (Wildman–Crippen LogP) is 3.77. The molecule has 2 aliphatic rings. The number of nitrogens with zero attached hydrogens (tertiary/aromatic N) is 1. The molecular formula is C23H22N2O4S. The minimum absolute atomic E-state index is 0.107. The number of nitrogens with one attached hydrogen (secondary N) is 1. The fourth-order valence-electron chi connectivity index (χ4n) is 3.88. The fraction of sp³-hybridized carbons (Fsp3) is 0.261. The molecule has 0 aromatic heterocycles. The van der Waals surface area contributed by atoms with Crippen molar-refractivity contribution in [3.8, 4) is 0 Å². The number of likely N-dealkylation sites (N-methyl/N-ethyl adjacent to an activating group) is 1. The van der Waals surface area contributed by atoms with Crippen LogP contribution in [-0.4, -0.2) is 37.1 Å². The van der Waals surface area contributed by atoms with Crippen molar-refractivity contribution in [1.82, 2.24) is 0 Å². The molecule has 2 aliphatic heterocycles. The number of benzene rings is 2. The number of carbonyl (C=O) groups excluding carboxylic acids is 3. The minimum Gasteiger partial charge on any atom is -0.454 e. The van der Waals surface area contributed by atoms with E-state index in [4.69, 9.17) is 4.74 Å². The van der Waals surface area contributed by atoms with Crippen LogP contribution < -0.4 is 10.2 Å². The van der Waals surface area contributed by atoms with E-state index >= 15 is 0 Å². The van der Waals surface area contributed by atoms with Gasteiger partial charge in [-0.3, -0.25) is 9.59 Å². The molecule has 0 bridgehead atoms. The molecule has 2 heterocycles. The van der Waals surface area contributed by atoms with Crippen molar-refractivity contribution >= 4 is 40.8 Å². The first-order valence-corrected chi connectivity index (χ1v) is 10.6. The Hall–Kier alpha value is -3.06. The van der Waals surface area contributed by atoms with Crippen LogP contribution in [0.15, 0.2) is 59.1 Å². The number of hydrogen-bond donors (Lipinski definition) is 1. The van der Waals surface area contributed by atoms with Gasteiger partial charge in [-0.1, -0.05) is 32.0 Å². The van der Waals surface area contributed by atoms with Gasteiger partial charge in [0, 0.05) is 34.8 Å². The third-order valence-electron chi connectivity index (χ3n) is 5.43. The first-order chi connectivity index (χ1) is 14.3. The Bertz CT molecular complexity index is 1090. The van der Waals surface area contributed by atoms with Gasteiger partial charge in [-0.15, -0.1) is 11.8 Å². The summed E-state index contributed by atoms with van der Waals surface area (Å²) in [6.07, 6.45) is 1.55. The molecule has 0 saturated heterocycles. The second-order valence-electron chi connectivity index (χ2n) is 7.82. The van der Waals surface area contributed by atoms with Crippen molar-refractivity contribution in [2.75, 3.05) is 29.6 Å². The Labute approximate surface area is 179 Å². The summed E-state index contributed by atoms with van der Waals surface area (Å²) in [4.78, 5) is 39.4. The maximum Gasteiger partial charge on any atom is 0.338 e. The number of rotatable bonds is 4. The molecule has 7 heteroatoms. The Balaban J connectivity index is 1.45. The third kappa shape index (κ3) is 3.61. The number of thioether (sulfide) groups is 1. The van der Waals surface area contributed by atoms with Crippen LogP contribution in [0, 0.1) is 0 Å². The molecule has 2 aromatic rings. The predicted molar refractivity (Wildman–Crippen MR) is 117 cm³/mol. The molecule has 0 spiro atoms. The number of ether oxygens (including phenoxy) is 1. The van der Waals surface area contributed by atoms with Crippen LogP contribution in [0.3, 0.4) is 0 Å². The van der Waals surface area contributed by atoms with Crippen LogP contribution >= 0.6 is 11.8 Å². The van der Waals surface area contributed by atoms with E-state index in [-0.39, 0.29) is 23.7 Å². The van der Waals surface area contributed by atoms with E-state index in [9.17, 15) is 14.4 Å². The molecule has 6 nitrogen and oxygen atoms in total. The quantitative estimate of drug-likeness (QED) is 0.597. The van der Waals surface area contributed by atoms with Crippen molar-refractivity contribution in [3.05, 3.63) is 65.4 Å². The van der Waals surface area contributed by atoms with E-state index in [0.29, 0.717) is 17.0 Å². The topological polar surface area (TPSA) is 75.7 Å². The average Bonchev–Trinajstić information content (AvgIpc) is 2.92. The van der Waals surface area contributed by atoms with Crippen LogP contribution in [0.25, 0.3) is 0 Å². The molecule has 0 saturated carbocycles. The summed E-state index contributed by atoms with van der Waals surface area (Å²) in [6, 6.07) is 13.0. The van der Waals surface area contributed by atoms with Crippen LogP contribution in [-0.2, 0) is 19.7 Å². The lowest BCUT2D eigenvalue weighted by Gasteiger charge is -2.23. The first-order valence-electron chi connectivity index (χ1n) is 9.59. The van der Waals surface area contributed by atoms with Gasteiger partial charge in [-0.05, 0) is 29.8 Å². The summed E-state index contributed by atoms with van der Waals surface area (Å²) in [5.74, 6) is -0.636. The van der Waals surface area contributed by atoms with Crippen molar-refractivity contribution in [2.24, 2.45) is 0 Å². The van der Waals surface area contributed by atoms with Gasteiger partial charge < -0.3 is 15.0 Å². The SMILES string of the molecule is CN1C(=CC(=O)COC(=O)c2ccc3c(c2)NC(=O)CS3)C(C)(C)c2ccccc21. The number of hydrogen-bond acceptors (Lipinski definition) is 6. The lowest BCUT2D eigenvalue weighted by atomic mass is 9.83. The standard InChI is InChI=1S/C23H22N2O4S/c1-23(2)16-6-4-5-7-18(16)25(3)20(23)11-15(26)12-29-22(28)14-8-9-19-17(10-14)24-21(27)13-30-19/h4-11H,12-13H2,1-3H3,(H,24,27). The number of fused-ring (bicyclic) bond motifs is 2. The smallest absolute Gasteiger partial charge is 0.338 e. The summed E-state index contributed by atoms with van der Waals surface area (Å²) in [6.45, 7) is 3.79. The summed E-state index contributed by atoms with van der Waals surface area (Å²) < 4.78 is 5.23. The van der Waals surface area contributed by atoms with E-state index in [1.165, 1.54) is 11.8 Å². The fourth-order valence-corrected chi connectivity index (χ4v) is 4.67. The highest BCUT2D eigenvalue weighted by Gasteiger charge is 2.38. The van der Waals surface area contributed by atoms with E-state index in [1.807, 2.05) is 30.1 Å². The molecular weight excluding hydrogens is 400 g/mol. The van der Waals surface area contributed by atoms with Gasteiger partial charge in [0.1, 0.15) is 0 Å². The molecule has 0 fully saturated rings. The Morgan fingerprint density at radius 1 is 1.23 bits per heavy atom. The van der Waals surface area contributed by atoms with Gasteiger partial charge in [0.15, 0.2) is 12.4 Å². The minimum atomic E-state index is -0.600. The number of allylic oxidation sites excluding steroid dienone is 1. The molecule has 4 rings (SSSR count). The number of carbonyl (C=O) groups is 3. The van der Waals surface area contributed by atoms with Crippen LogP contribution in [0.5, 0.6) is 0 Å². The highest BCUT2D eigenvalue weighted by molar-refractivity contribution is 8.00. The van der Waals surface area contributed by atoms with Crippen molar-refractivity contribution in [3.63, 3.8) is 0 Å². The second kappa shape index (κ2) is 7.65. The molecule has 1 amide bonds. The Morgan fingerprint density at radius 3 is 2.77 bits per heavy atom. The van der Waals surface area contributed by atoms with Gasteiger partial charge in [-0.25, -0.2) is 4.79 Å². The van der Waals surface area contributed by atoms with Crippen molar-refractivity contribution in [2.45, 2.75) is 24.2 Å².